The number of halogens is 3. The number of nitrogens with zero attached hydrogens (tertiary/aromatic N) is 1. The zero-order valence-electron chi connectivity index (χ0n) is 14.7. The first-order valence-corrected chi connectivity index (χ1v) is 9.47. The van der Waals surface area contributed by atoms with Crippen molar-refractivity contribution in [3.63, 3.8) is 0 Å². The van der Waals surface area contributed by atoms with Gasteiger partial charge in [-0.05, 0) is 44.2 Å². The lowest BCUT2D eigenvalue weighted by Crippen LogP contribution is -2.38. The molecule has 0 fully saturated rings. The number of alkyl halides is 3. The third-order valence-electron chi connectivity index (χ3n) is 3.37. The third kappa shape index (κ3) is 6.10. The minimum Gasteiger partial charge on any atom is -0.467 e. The molecule has 1 heterocycles. The van der Waals surface area contributed by atoms with E-state index in [0.29, 0.717) is 4.90 Å². The Kier molecular flexibility index (Phi) is 6.32. The molecule has 0 radical (unpaired) electrons. The van der Waals surface area contributed by atoms with Crippen LogP contribution < -0.4 is 4.72 Å². The highest BCUT2D eigenvalue weighted by Gasteiger charge is 2.34. The number of carbonyl (C=O) groups excluding carboxylic acids is 1. The topological polar surface area (TPSA) is 79.6 Å². The molecule has 1 aromatic heterocycles. The van der Waals surface area contributed by atoms with Crippen molar-refractivity contribution in [3.05, 3.63) is 54.0 Å². The maximum Gasteiger partial charge on any atom is 0.406 e. The Morgan fingerprint density at radius 1 is 1.22 bits per heavy atom. The molecule has 2 rings (SSSR count). The van der Waals surface area contributed by atoms with E-state index in [-0.39, 0.29) is 22.3 Å². The molecule has 0 saturated carbocycles. The molecule has 0 saturated heterocycles. The normalized spacial score (nSPS) is 12.4. The van der Waals surface area contributed by atoms with E-state index < -0.39 is 35.2 Å². The Hall–Kier alpha value is -2.33. The fraction of sp³-hybridized carbons (Fsp3) is 0.353. The smallest absolute Gasteiger partial charge is 0.406 e. The summed E-state index contributed by atoms with van der Waals surface area (Å²) in [5.41, 5.74) is -0.169. The molecular weight excluding hydrogens is 385 g/mol. The minimum atomic E-state index is -4.62. The molecule has 0 bridgehead atoms. The van der Waals surface area contributed by atoms with Gasteiger partial charge in [-0.1, -0.05) is 6.07 Å². The summed E-state index contributed by atoms with van der Waals surface area (Å²) in [6.45, 7) is 1.36. The number of nitrogens with one attached hydrogen (secondary N) is 1. The van der Waals surface area contributed by atoms with Crippen LogP contribution in [0.15, 0.2) is 52.0 Å². The monoisotopic (exact) mass is 404 g/mol. The summed E-state index contributed by atoms with van der Waals surface area (Å²) in [5, 5.41) is 0. The highest BCUT2D eigenvalue weighted by molar-refractivity contribution is 7.89. The average molecular weight is 404 g/mol. The second-order valence-corrected chi connectivity index (χ2v) is 7.87. The molecular formula is C17H19F3N2O4S. The lowest BCUT2D eigenvalue weighted by atomic mass is 10.2. The summed E-state index contributed by atoms with van der Waals surface area (Å²) >= 11 is 0. The van der Waals surface area contributed by atoms with Gasteiger partial charge in [0.15, 0.2) is 0 Å². The van der Waals surface area contributed by atoms with E-state index in [1.165, 1.54) is 36.6 Å². The van der Waals surface area contributed by atoms with Gasteiger partial charge in [0, 0.05) is 11.6 Å². The largest absolute Gasteiger partial charge is 0.467 e. The number of hydrogen-bond acceptors (Lipinski definition) is 4. The van der Waals surface area contributed by atoms with Gasteiger partial charge in [0.2, 0.25) is 10.0 Å². The number of sulfonamides is 1. The van der Waals surface area contributed by atoms with Gasteiger partial charge in [-0.25, -0.2) is 13.1 Å². The second-order valence-electron chi connectivity index (χ2n) is 6.16. The van der Waals surface area contributed by atoms with Gasteiger partial charge in [-0.15, -0.1) is 0 Å². The maximum absolute atomic E-state index is 12.9. The number of benzene rings is 1. The molecule has 2 aromatic rings. The van der Waals surface area contributed by atoms with Gasteiger partial charge in [-0.2, -0.15) is 13.2 Å². The zero-order chi connectivity index (χ0) is 20.2. The molecule has 148 valence electrons. The van der Waals surface area contributed by atoms with Crippen LogP contribution in [0.5, 0.6) is 0 Å². The second kappa shape index (κ2) is 8.13. The Morgan fingerprint density at radius 2 is 1.93 bits per heavy atom. The highest BCUT2D eigenvalue weighted by atomic mass is 32.2. The van der Waals surface area contributed by atoms with Gasteiger partial charge in [0.1, 0.15) is 12.3 Å². The van der Waals surface area contributed by atoms with E-state index in [9.17, 15) is 26.4 Å². The Balaban J connectivity index is 2.33. The third-order valence-corrected chi connectivity index (χ3v) is 5.02. The molecule has 0 unspecified atom stereocenters. The van der Waals surface area contributed by atoms with Crippen molar-refractivity contribution in [1.82, 2.24) is 9.62 Å². The first kappa shape index (κ1) is 21.0. The number of hydrogen-bond donors (Lipinski definition) is 1. The van der Waals surface area contributed by atoms with E-state index in [4.69, 9.17) is 4.42 Å². The highest BCUT2D eigenvalue weighted by Crippen LogP contribution is 2.21. The Bertz CT molecular complexity index is 878. The van der Waals surface area contributed by atoms with Crippen LogP contribution in [-0.2, 0) is 16.6 Å². The van der Waals surface area contributed by atoms with Crippen LogP contribution in [0.2, 0.25) is 0 Å². The summed E-state index contributed by atoms with van der Waals surface area (Å²) in [6.07, 6.45) is -3.33. The standard InChI is InChI=1S/C17H19F3N2O4S/c1-12(2)21-27(24,25)15-7-3-5-13(9-15)16(23)22(11-17(18,19)20)10-14-6-4-8-26-14/h3-9,12,21H,10-11H2,1-2H3. The van der Waals surface area contributed by atoms with Crippen molar-refractivity contribution in [1.29, 1.82) is 0 Å². The van der Waals surface area contributed by atoms with Gasteiger partial charge in [-0.3, -0.25) is 4.79 Å². The average Bonchev–Trinajstić information content (AvgIpc) is 3.04. The van der Waals surface area contributed by atoms with Gasteiger partial charge >= 0.3 is 6.18 Å². The van der Waals surface area contributed by atoms with Gasteiger partial charge < -0.3 is 9.32 Å². The molecule has 1 amide bonds. The number of rotatable bonds is 7. The molecule has 6 nitrogen and oxygen atoms in total. The van der Waals surface area contributed by atoms with Crippen molar-refractivity contribution in [2.45, 2.75) is 37.5 Å². The van der Waals surface area contributed by atoms with Crippen molar-refractivity contribution in [2.75, 3.05) is 6.54 Å². The molecule has 0 aliphatic heterocycles. The summed E-state index contributed by atoms with van der Waals surface area (Å²) < 4.78 is 70.5. The fourth-order valence-corrected chi connectivity index (χ4v) is 3.66. The number of furan rings is 1. The predicted molar refractivity (Wildman–Crippen MR) is 91.4 cm³/mol. The first-order chi connectivity index (χ1) is 12.5. The lowest BCUT2D eigenvalue weighted by molar-refractivity contribution is -0.142. The molecule has 1 N–H and O–H groups in total. The summed E-state index contributed by atoms with van der Waals surface area (Å²) in [4.78, 5) is 13.0. The predicted octanol–water partition coefficient (Wildman–Crippen LogP) is 3.17. The molecule has 27 heavy (non-hydrogen) atoms. The molecule has 0 aliphatic rings. The van der Waals surface area contributed by atoms with E-state index in [1.807, 2.05) is 0 Å². The van der Waals surface area contributed by atoms with Crippen LogP contribution in [0.25, 0.3) is 0 Å². The van der Waals surface area contributed by atoms with Crippen molar-refractivity contribution >= 4 is 15.9 Å². The van der Waals surface area contributed by atoms with Crippen LogP contribution in [-0.4, -0.2) is 38.0 Å². The SMILES string of the molecule is CC(C)NS(=O)(=O)c1cccc(C(=O)N(Cc2ccco2)CC(F)(F)F)c1. The molecule has 0 atom stereocenters. The number of amides is 1. The first-order valence-electron chi connectivity index (χ1n) is 7.99. The van der Waals surface area contributed by atoms with Crippen LogP contribution in [0, 0.1) is 0 Å². The molecule has 10 heteroatoms. The van der Waals surface area contributed by atoms with E-state index in [2.05, 4.69) is 4.72 Å². The van der Waals surface area contributed by atoms with E-state index in [1.54, 1.807) is 13.8 Å². The molecule has 0 aliphatic carbocycles. The van der Waals surface area contributed by atoms with Crippen LogP contribution >= 0.6 is 0 Å². The number of carbonyl (C=O) groups is 1. The van der Waals surface area contributed by atoms with Crippen LogP contribution in [0.4, 0.5) is 13.2 Å². The summed E-state index contributed by atoms with van der Waals surface area (Å²) in [6, 6.07) is 7.46. The Morgan fingerprint density at radius 3 is 2.48 bits per heavy atom. The van der Waals surface area contributed by atoms with Crippen molar-refractivity contribution in [3.8, 4) is 0 Å². The van der Waals surface area contributed by atoms with Crippen LogP contribution in [0.3, 0.4) is 0 Å². The zero-order valence-corrected chi connectivity index (χ0v) is 15.5. The molecule has 0 spiro atoms. The Labute approximate surface area is 155 Å². The molecule has 1 aromatic carbocycles. The van der Waals surface area contributed by atoms with Crippen molar-refractivity contribution in [2.24, 2.45) is 0 Å². The van der Waals surface area contributed by atoms with E-state index >= 15 is 0 Å². The lowest BCUT2D eigenvalue weighted by Gasteiger charge is -2.23. The van der Waals surface area contributed by atoms with Gasteiger partial charge in [0.05, 0.1) is 17.7 Å². The van der Waals surface area contributed by atoms with Crippen molar-refractivity contribution < 1.29 is 30.8 Å². The van der Waals surface area contributed by atoms with Crippen LogP contribution in [0.1, 0.15) is 30.0 Å². The maximum atomic E-state index is 12.9. The summed E-state index contributed by atoms with van der Waals surface area (Å²) in [5.74, 6) is -0.775. The van der Waals surface area contributed by atoms with E-state index in [0.717, 1.165) is 6.07 Å². The quantitative estimate of drug-likeness (QED) is 0.769. The fourth-order valence-electron chi connectivity index (χ4n) is 2.36. The summed E-state index contributed by atoms with van der Waals surface area (Å²) in [7, 11) is -3.89. The van der Waals surface area contributed by atoms with Gasteiger partial charge in [0.25, 0.3) is 5.91 Å². The minimum absolute atomic E-state index is 0.169.